The molecule has 1 fully saturated rings. The Morgan fingerprint density at radius 1 is 1.29 bits per heavy atom. The largest absolute Gasteiger partial charge is 0.493 e. The predicted molar refractivity (Wildman–Crippen MR) is 81.8 cm³/mol. The zero-order chi connectivity index (χ0) is 15.0. The fourth-order valence-electron chi connectivity index (χ4n) is 2.40. The molecule has 1 aromatic carbocycles. The molecule has 21 heavy (non-hydrogen) atoms. The van der Waals surface area contributed by atoms with Crippen LogP contribution < -0.4 is 14.3 Å². The lowest BCUT2D eigenvalue weighted by molar-refractivity contribution is -0.124. The molecule has 0 bridgehead atoms. The average molecular weight is 306 g/mol. The number of carbonyl (C=O) groups is 1. The van der Waals surface area contributed by atoms with E-state index < -0.39 is 0 Å². The normalized spacial score (nSPS) is 16.0. The van der Waals surface area contributed by atoms with Crippen LogP contribution >= 0.6 is 11.3 Å². The van der Waals surface area contributed by atoms with Crippen molar-refractivity contribution in [2.24, 2.45) is 18.0 Å². The molecule has 0 N–H and O–H groups in total. The third kappa shape index (κ3) is 2.44. The Morgan fingerprint density at radius 2 is 1.95 bits per heavy atom. The van der Waals surface area contributed by atoms with Crippen LogP contribution in [0.1, 0.15) is 19.3 Å². The lowest BCUT2D eigenvalue weighted by Crippen LogP contribution is -2.23. The Labute approximate surface area is 126 Å². The van der Waals surface area contributed by atoms with Crippen molar-refractivity contribution < 1.29 is 14.3 Å². The van der Waals surface area contributed by atoms with Crippen LogP contribution in [0.4, 0.5) is 0 Å². The van der Waals surface area contributed by atoms with Gasteiger partial charge in [-0.2, -0.15) is 4.99 Å². The van der Waals surface area contributed by atoms with Gasteiger partial charge >= 0.3 is 0 Å². The van der Waals surface area contributed by atoms with Crippen molar-refractivity contribution in [3.05, 3.63) is 16.9 Å². The molecule has 1 heterocycles. The molecule has 0 spiro atoms. The summed E-state index contributed by atoms with van der Waals surface area (Å²) >= 11 is 1.49. The number of ether oxygens (including phenoxy) is 2. The van der Waals surface area contributed by atoms with Crippen molar-refractivity contribution >= 4 is 27.5 Å². The summed E-state index contributed by atoms with van der Waals surface area (Å²) < 4.78 is 13.6. The SMILES string of the molecule is COc1cc2sc(=NC(=O)C3CCC3)n(C)c2cc1OC. The maximum Gasteiger partial charge on any atom is 0.251 e. The zero-order valence-electron chi connectivity index (χ0n) is 12.4. The van der Waals surface area contributed by atoms with Gasteiger partial charge in [0, 0.05) is 25.1 Å². The number of nitrogens with zero attached hydrogens (tertiary/aromatic N) is 2. The number of hydrogen-bond acceptors (Lipinski definition) is 4. The minimum Gasteiger partial charge on any atom is -0.493 e. The molecule has 6 heteroatoms. The summed E-state index contributed by atoms with van der Waals surface area (Å²) in [7, 11) is 5.14. The van der Waals surface area contributed by atoms with E-state index in [1.807, 2.05) is 23.7 Å². The third-order valence-electron chi connectivity index (χ3n) is 3.97. The van der Waals surface area contributed by atoms with E-state index in [0.717, 1.165) is 34.3 Å². The zero-order valence-corrected chi connectivity index (χ0v) is 13.2. The summed E-state index contributed by atoms with van der Waals surface area (Å²) in [4.78, 5) is 17.1. The Balaban J connectivity index is 2.10. The van der Waals surface area contributed by atoms with Gasteiger partial charge in [-0.05, 0) is 12.8 Å². The first-order chi connectivity index (χ1) is 10.1. The molecular formula is C15H18N2O3S. The van der Waals surface area contributed by atoms with Crippen LogP contribution in [-0.4, -0.2) is 24.7 Å². The molecule has 5 nitrogen and oxygen atoms in total. The fourth-order valence-corrected chi connectivity index (χ4v) is 3.44. The van der Waals surface area contributed by atoms with Gasteiger partial charge in [0.1, 0.15) is 0 Å². The summed E-state index contributed by atoms with van der Waals surface area (Å²) in [5, 5.41) is 0. The van der Waals surface area contributed by atoms with E-state index in [9.17, 15) is 4.79 Å². The number of benzene rings is 1. The number of thiazole rings is 1. The van der Waals surface area contributed by atoms with Crippen molar-refractivity contribution in [3.8, 4) is 11.5 Å². The molecular weight excluding hydrogens is 288 g/mol. The third-order valence-corrected chi connectivity index (χ3v) is 5.07. The van der Waals surface area contributed by atoms with E-state index in [0.29, 0.717) is 11.5 Å². The Bertz CT molecular complexity index is 756. The molecule has 0 saturated heterocycles. The van der Waals surface area contributed by atoms with Gasteiger partial charge in [0.2, 0.25) is 0 Å². The second-order valence-electron chi connectivity index (χ2n) is 5.20. The second-order valence-corrected chi connectivity index (χ2v) is 6.21. The molecule has 0 unspecified atom stereocenters. The highest BCUT2D eigenvalue weighted by Crippen LogP contribution is 2.33. The molecule has 0 aliphatic heterocycles. The van der Waals surface area contributed by atoms with E-state index in [4.69, 9.17) is 9.47 Å². The average Bonchev–Trinajstić information content (AvgIpc) is 2.71. The molecule has 2 aromatic rings. The first kappa shape index (κ1) is 14.1. The summed E-state index contributed by atoms with van der Waals surface area (Å²) in [5.74, 6) is 1.49. The van der Waals surface area contributed by atoms with Crippen LogP contribution in [0.2, 0.25) is 0 Å². The van der Waals surface area contributed by atoms with Crippen molar-refractivity contribution in [1.82, 2.24) is 4.57 Å². The molecule has 1 aliphatic carbocycles. The summed E-state index contributed by atoms with van der Waals surface area (Å²) in [6, 6.07) is 3.84. The minimum atomic E-state index is 0.00216. The van der Waals surface area contributed by atoms with Crippen molar-refractivity contribution in [2.75, 3.05) is 14.2 Å². The topological polar surface area (TPSA) is 52.8 Å². The first-order valence-corrected chi connectivity index (χ1v) is 7.76. The smallest absolute Gasteiger partial charge is 0.251 e. The summed E-state index contributed by atoms with van der Waals surface area (Å²) in [6.45, 7) is 0. The van der Waals surface area contributed by atoms with Gasteiger partial charge in [0.15, 0.2) is 16.3 Å². The van der Waals surface area contributed by atoms with Gasteiger partial charge in [0.25, 0.3) is 5.91 Å². The maximum absolute atomic E-state index is 12.0. The summed E-state index contributed by atoms with van der Waals surface area (Å²) in [5.41, 5.74) is 0.984. The van der Waals surface area contributed by atoms with E-state index >= 15 is 0 Å². The van der Waals surface area contributed by atoms with Gasteiger partial charge in [-0.25, -0.2) is 0 Å². The number of carbonyl (C=O) groups excluding carboxylic acids is 1. The lowest BCUT2D eigenvalue weighted by atomic mass is 9.85. The van der Waals surface area contributed by atoms with E-state index in [2.05, 4.69) is 4.99 Å². The summed E-state index contributed by atoms with van der Waals surface area (Å²) in [6.07, 6.45) is 3.08. The Kier molecular flexibility index (Phi) is 3.71. The van der Waals surface area contributed by atoms with E-state index in [1.165, 1.54) is 11.3 Å². The van der Waals surface area contributed by atoms with Gasteiger partial charge in [-0.1, -0.05) is 17.8 Å². The highest BCUT2D eigenvalue weighted by atomic mass is 32.1. The van der Waals surface area contributed by atoms with Crippen molar-refractivity contribution in [3.63, 3.8) is 0 Å². The van der Waals surface area contributed by atoms with Crippen LogP contribution in [0.15, 0.2) is 17.1 Å². The van der Waals surface area contributed by atoms with Gasteiger partial charge < -0.3 is 14.0 Å². The molecule has 3 rings (SSSR count). The highest BCUT2D eigenvalue weighted by molar-refractivity contribution is 7.16. The number of aryl methyl sites for hydroxylation is 1. The van der Waals surface area contributed by atoms with Gasteiger partial charge in [-0.15, -0.1) is 0 Å². The molecule has 1 saturated carbocycles. The van der Waals surface area contributed by atoms with E-state index in [-0.39, 0.29) is 11.8 Å². The molecule has 1 aromatic heterocycles. The minimum absolute atomic E-state index is 0.00216. The number of amides is 1. The maximum atomic E-state index is 12.0. The van der Waals surface area contributed by atoms with Crippen LogP contribution in [0, 0.1) is 5.92 Å². The number of rotatable bonds is 3. The highest BCUT2D eigenvalue weighted by Gasteiger charge is 2.25. The Hall–Kier alpha value is -1.82. The number of aromatic nitrogens is 1. The number of fused-ring (bicyclic) bond motifs is 1. The second kappa shape index (κ2) is 5.52. The molecule has 1 aliphatic rings. The van der Waals surface area contributed by atoms with Gasteiger partial charge in [-0.3, -0.25) is 4.79 Å². The molecule has 1 amide bonds. The van der Waals surface area contributed by atoms with Crippen LogP contribution in [0.25, 0.3) is 10.2 Å². The van der Waals surface area contributed by atoms with Gasteiger partial charge in [0.05, 0.1) is 24.4 Å². The van der Waals surface area contributed by atoms with Crippen LogP contribution in [-0.2, 0) is 11.8 Å². The Morgan fingerprint density at radius 3 is 2.52 bits per heavy atom. The number of methoxy groups -OCH3 is 2. The number of hydrogen-bond donors (Lipinski definition) is 0. The predicted octanol–water partition coefficient (Wildman–Crippen LogP) is 2.48. The van der Waals surface area contributed by atoms with Crippen LogP contribution in [0.5, 0.6) is 11.5 Å². The van der Waals surface area contributed by atoms with Crippen molar-refractivity contribution in [2.45, 2.75) is 19.3 Å². The fraction of sp³-hybridized carbons (Fsp3) is 0.467. The van der Waals surface area contributed by atoms with E-state index in [1.54, 1.807) is 14.2 Å². The molecule has 112 valence electrons. The quantitative estimate of drug-likeness (QED) is 0.875. The standard InChI is InChI=1S/C15H18N2O3S/c1-17-10-7-11(19-2)12(20-3)8-13(10)21-15(17)16-14(18)9-5-4-6-9/h7-9H,4-6H2,1-3H3. The first-order valence-electron chi connectivity index (χ1n) is 6.94. The van der Waals surface area contributed by atoms with Crippen LogP contribution in [0.3, 0.4) is 0 Å². The lowest BCUT2D eigenvalue weighted by Gasteiger charge is -2.20. The molecule has 0 atom stereocenters. The van der Waals surface area contributed by atoms with Crippen molar-refractivity contribution in [1.29, 1.82) is 0 Å². The monoisotopic (exact) mass is 306 g/mol. The molecule has 0 radical (unpaired) electrons.